The average Bonchev–Trinajstić information content (AvgIpc) is 2.64. The molecule has 16 heavy (non-hydrogen) atoms. The highest BCUT2D eigenvalue weighted by molar-refractivity contribution is 9.11. The van der Waals surface area contributed by atoms with Gasteiger partial charge in [-0.25, -0.2) is 4.79 Å². The van der Waals surface area contributed by atoms with Crippen molar-refractivity contribution in [1.29, 1.82) is 0 Å². The van der Waals surface area contributed by atoms with Crippen LogP contribution in [0.4, 0.5) is 0 Å². The van der Waals surface area contributed by atoms with Crippen LogP contribution >= 0.6 is 27.3 Å². The molecule has 0 aliphatic carbocycles. The number of thiophene rings is 1. The maximum atomic E-state index is 11.7. The molecule has 0 bridgehead atoms. The van der Waals surface area contributed by atoms with Gasteiger partial charge in [0.2, 0.25) is 0 Å². The van der Waals surface area contributed by atoms with Gasteiger partial charge in [-0.05, 0) is 28.4 Å². The molecule has 1 amide bonds. The van der Waals surface area contributed by atoms with E-state index in [1.165, 1.54) is 11.3 Å². The predicted octanol–water partition coefficient (Wildman–Crippen LogP) is 2.49. The van der Waals surface area contributed by atoms with Gasteiger partial charge in [-0.15, -0.1) is 11.3 Å². The predicted molar refractivity (Wildman–Crippen MR) is 65.8 cm³/mol. The van der Waals surface area contributed by atoms with E-state index < -0.39 is 12.0 Å². The molecule has 0 saturated carbocycles. The van der Waals surface area contributed by atoms with Crippen molar-refractivity contribution in [3.8, 4) is 0 Å². The Kier molecular flexibility index (Phi) is 4.95. The number of halogens is 1. The number of carboxylic acid groups (broad SMARTS) is 1. The number of hydrogen-bond donors (Lipinski definition) is 2. The summed E-state index contributed by atoms with van der Waals surface area (Å²) in [5.41, 5.74) is 0.485. The van der Waals surface area contributed by atoms with Crippen LogP contribution in [-0.4, -0.2) is 23.0 Å². The van der Waals surface area contributed by atoms with Crippen molar-refractivity contribution < 1.29 is 14.7 Å². The van der Waals surface area contributed by atoms with Crippen molar-refractivity contribution in [2.75, 3.05) is 0 Å². The van der Waals surface area contributed by atoms with Crippen LogP contribution in [0.3, 0.4) is 0 Å². The molecule has 0 aliphatic heterocycles. The molecule has 4 nitrogen and oxygen atoms in total. The van der Waals surface area contributed by atoms with Gasteiger partial charge in [0.15, 0.2) is 0 Å². The molecule has 0 aromatic carbocycles. The average molecular weight is 306 g/mol. The molecule has 1 aromatic rings. The Morgan fingerprint density at radius 3 is 2.75 bits per heavy atom. The molecule has 0 saturated heterocycles. The second kappa shape index (κ2) is 6.00. The summed E-state index contributed by atoms with van der Waals surface area (Å²) in [6, 6.07) is 0.862. The summed E-state index contributed by atoms with van der Waals surface area (Å²) in [5, 5.41) is 13.1. The van der Waals surface area contributed by atoms with E-state index in [0.29, 0.717) is 18.4 Å². The number of amides is 1. The summed E-state index contributed by atoms with van der Waals surface area (Å²) in [7, 11) is 0. The molecule has 0 unspecified atom stereocenters. The number of aliphatic carboxylic acids is 1. The first-order valence-electron chi connectivity index (χ1n) is 4.82. The Bertz CT molecular complexity index is 391. The fourth-order valence-corrected chi connectivity index (χ4v) is 2.35. The van der Waals surface area contributed by atoms with Crippen LogP contribution in [0, 0.1) is 0 Å². The van der Waals surface area contributed by atoms with Crippen molar-refractivity contribution in [3.63, 3.8) is 0 Å². The van der Waals surface area contributed by atoms with Crippen molar-refractivity contribution >= 4 is 39.1 Å². The minimum atomic E-state index is -0.996. The first kappa shape index (κ1) is 13.2. The normalized spacial score (nSPS) is 12.1. The zero-order valence-corrected chi connectivity index (χ0v) is 11.1. The van der Waals surface area contributed by atoms with Gasteiger partial charge < -0.3 is 10.4 Å². The monoisotopic (exact) mass is 305 g/mol. The molecule has 0 aliphatic rings. The topological polar surface area (TPSA) is 66.4 Å². The zero-order valence-electron chi connectivity index (χ0n) is 8.70. The summed E-state index contributed by atoms with van der Waals surface area (Å²) < 4.78 is 0.847. The molecule has 1 rings (SSSR count). The lowest BCUT2D eigenvalue weighted by Gasteiger charge is -2.12. The summed E-state index contributed by atoms with van der Waals surface area (Å²) in [6.07, 6.45) is 1.15. The lowest BCUT2D eigenvalue weighted by molar-refractivity contribution is -0.139. The maximum absolute atomic E-state index is 11.7. The third-order valence-electron chi connectivity index (χ3n) is 2.01. The third kappa shape index (κ3) is 3.61. The van der Waals surface area contributed by atoms with Crippen LogP contribution in [-0.2, 0) is 4.79 Å². The Morgan fingerprint density at radius 1 is 1.62 bits per heavy atom. The second-order valence-electron chi connectivity index (χ2n) is 3.29. The fourth-order valence-electron chi connectivity index (χ4n) is 1.22. The lowest BCUT2D eigenvalue weighted by atomic mass is 10.1. The lowest BCUT2D eigenvalue weighted by Crippen LogP contribution is -2.40. The van der Waals surface area contributed by atoms with Gasteiger partial charge in [-0.2, -0.15) is 0 Å². The number of rotatable bonds is 5. The molecular formula is C10H12BrNO3S. The number of carbonyl (C=O) groups excluding carboxylic acids is 1. The molecule has 1 aromatic heterocycles. The highest BCUT2D eigenvalue weighted by atomic mass is 79.9. The maximum Gasteiger partial charge on any atom is 0.326 e. The number of carbonyl (C=O) groups is 2. The van der Waals surface area contributed by atoms with Crippen LogP contribution in [0.25, 0.3) is 0 Å². The van der Waals surface area contributed by atoms with Gasteiger partial charge in [-0.1, -0.05) is 13.3 Å². The van der Waals surface area contributed by atoms with E-state index in [4.69, 9.17) is 5.11 Å². The summed E-state index contributed by atoms with van der Waals surface area (Å²) in [6.45, 7) is 1.88. The number of carboxylic acids is 1. The standard InChI is InChI=1S/C10H12BrNO3S/c1-2-3-7(10(14)15)12-9(13)6-4-8(11)16-5-6/h4-5,7H,2-3H2,1H3,(H,12,13)(H,14,15)/t7-/m1/s1. The van der Waals surface area contributed by atoms with Gasteiger partial charge >= 0.3 is 5.97 Å². The van der Waals surface area contributed by atoms with Gasteiger partial charge in [0.05, 0.1) is 9.35 Å². The van der Waals surface area contributed by atoms with Crippen molar-refractivity contribution in [2.24, 2.45) is 0 Å². The molecule has 1 atom stereocenters. The van der Waals surface area contributed by atoms with Crippen LogP contribution in [0.5, 0.6) is 0 Å². The number of hydrogen-bond acceptors (Lipinski definition) is 3. The van der Waals surface area contributed by atoms with E-state index in [1.54, 1.807) is 11.4 Å². The van der Waals surface area contributed by atoms with Crippen molar-refractivity contribution in [2.45, 2.75) is 25.8 Å². The smallest absolute Gasteiger partial charge is 0.326 e. The quantitative estimate of drug-likeness (QED) is 0.878. The van der Waals surface area contributed by atoms with Crippen LogP contribution in [0.1, 0.15) is 30.1 Å². The van der Waals surface area contributed by atoms with E-state index in [2.05, 4.69) is 21.2 Å². The molecule has 0 fully saturated rings. The van der Waals surface area contributed by atoms with Crippen LogP contribution in [0.15, 0.2) is 15.2 Å². The SMILES string of the molecule is CCC[C@@H](NC(=O)c1csc(Br)c1)C(=O)O. The summed E-state index contributed by atoms with van der Waals surface area (Å²) in [4.78, 5) is 22.5. The van der Waals surface area contributed by atoms with Crippen LogP contribution < -0.4 is 5.32 Å². The van der Waals surface area contributed by atoms with Crippen molar-refractivity contribution in [3.05, 3.63) is 20.8 Å². The van der Waals surface area contributed by atoms with E-state index in [-0.39, 0.29) is 5.91 Å². The zero-order chi connectivity index (χ0) is 12.1. The van der Waals surface area contributed by atoms with Gasteiger partial charge in [0.25, 0.3) is 5.91 Å². The van der Waals surface area contributed by atoms with E-state index in [9.17, 15) is 9.59 Å². The fraction of sp³-hybridized carbons (Fsp3) is 0.400. The van der Waals surface area contributed by atoms with Gasteiger partial charge in [0.1, 0.15) is 6.04 Å². The Labute approximate surface area is 106 Å². The summed E-state index contributed by atoms with van der Waals surface area (Å²) in [5.74, 6) is -1.34. The first-order chi connectivity index (χ1) is 7.54. The van der Waals surface area contributed by atoms with Crippen LogP contribution in [0.2, 0.25) is 0 Å². The first-order valence-corrected chi connectivity index (χ1v) is 6.49. The minimum Gasteiger partial charge on any atom is -0.480 e. The van der Waals surface area contributed by atoms with Gasteiger partial charge in [0, 0.05) is 5.38 Å². The molecule has 1 heterocycles. The molecule has 0 radical (unpaired) electrons. The second-order valence-corrected chi connectivity index (χ2v) is 5.58. The highest BCUT2D eigenvalue weighted by Gasteiger charge is 2.19. The van der Waals surface area contributed by atoms with Gasteiger partial charge in [-0.3, -0.25) is 4.79 Å². The summed E-state index contributed by atoms with van der Waals surface area (Å²) >= 11 is 4.64. The molecule has 88 valence electrons. The Balaban J connectivity index is 2.65. The van der Waals surface area contributed by atoms with E-state index in [1.807, 2.05) is 6.92 Å². The highest BCUT2D eigenvalue weighted by Crippen LogP contribution is 2.20. The number of nitrogens with one attached hydrogen (secondary N) is 1. The Morgan fingerprint density at radius 2 is 2.31 bits per heavy atom. The van der Waals surface area contributed by atoms with E-state index >= 15 is 0 Å². The largest absolute Gasteiger partial charge is 0.480 e. The van der Waals surface area contributed by atoms with Crippen molar-refractivity contribution in [1.82, 2.24) is 5.32 Å². The Hall–Kier alpha value is -0.880. The molecule has 2 N–H and O–H groups in total. The minimum absolute atomic E-state index is 0.345. The molecular weight excluding hydrogens is 294 g/mol. The molecule has 0 spiro atoms. The third-order valence-corrected chi connectivity index (χ3v) is 3.51. The molecule has 6 heteroatoms. The van der Waals surface area contributed by atoms with E-state index in [0.717, 1.165) is 3.79 Å².